The molecule has 0 radical (unpaired) electrons. The molecule has 1 heterocycles. The van der Waals surface area contributed by atoms with Crippen molar-refractivity contribution in [2.24, 2.45) is 5.92 Å². The third-order valence-corrected chi connectivity index (χ3v) is 7.63. The Kier molecular flexibility index (Phi) is 7.91. The summed E-state index contributed by atoms with van der Waals surface area (Å²) in [5.74, 6) is -0.333. The average molecular weight is 524 g/mol. The summed E-state index contributed by atoms with van der Waals surface area (Å²) in [6.45, 7) is 3.88. The van der Waals surface area contributed by atoms with E-state index in [2.05, 4.69) is 60.8 Å². The normalized spacial score (nSPS) is 18.1. The molecule has 200 valence electrons. The first-order chi connectivity index (χ1) is 19.0. The molecule has 0 aliphatic carbocycles. The van der Waals surface area contributed by atoms with Gasteiger partial charge in [0.25, 0.3) is 0 Å². The van der Waals surface area contributed by atoms with Gasteiger partial charge < -0.3 is 15.2 Å². The smallest absolute Gasteiger partial charge is 0.426 e. The van der Waals surface area contributed by atoms with Gasteiger partial charge in [-0.3, -0.25) is 0 Å². The molecule has 0 saturated carbocycles. The van der Waals surface area contributed by atoms with Gasteiger partial charge in [-0.05, 0) is 46.9 Å². The van der Waals surface area contributed by atoms with Crippen LogP contribution in [-0.2, 0) is 4.74 Å². The number of amides is 1. The minimum atomic E-state index is -1.14. The number of esters is 1. The van der Waals surface area contributed by atoms with Crippen LogP contribution >= 0.6 is 0 Å². The van der Waals surface area contributed by atoms with E-state index >= 15 is 0 Å². The predicted molar refractivity (Wildman–Crippen MR) is 153 cm³/mol. The molecule has 0 bridgehead atoms. The number of carboxylic acid groups (broad SMARTS) is 1. The Morgan fingerprint density at radius 3 is 2.41 bits per heavy atom. The fourth-order valence-electron chi connectivity index (χ4n) is 5.68. The number of hydrogen-bond acceptors (Lipinski definition) is 5. The van der Waals surface area contributed by atoms with E-state index in [0.717, 1.165) is 5.56 Å². The van der Waals surface area contributed by atoms with Gasteiger partial charge in [-0.25, -0.2) is 19.6 Å². The second kappa shape index (κ2) is 11.7. The van der Waals surface area contributed by atoms with Gasteiger partial charge in [-0.1, -0.05) is 84.9 Å². The zero-order chi connectivity index (χ0) is 27.4. The number of hydrogen-bond donors (Lipinski definition) is 2. The molecule has 0 unspecified atom stereocenters. The SMILES string of the molecule is COC(=O)c1ccccc1N(C(=O)O)N1C[C@H](CN[C@H](C)c2cccc3ccccc23)[C@@H](c2ccccc2)C1. The number of nitrogens with zero attached hydrogens (tertiary/aromatic N) is 2. The molecule has 1 fully saturated rings. The van der Waals surface area contributed by atoms with E-state index in [4.69, 9.17) is 4.74 Å². The number of para-hydroxylation sites is 1. The van der Waals surface area contributed by atoms with Gasteiger partial charge in [0.05, 0.1) is 18.4 Å². The molecule has 2 N–H and O–H groups in total. The van der Waals surface area contributed by atoms with Crippen LogP contribution in [0.5, 0.6) is 0 Å². The van der Waals surface area contributed by atoms with Crippen molar-refractivity contribution in [3.63, 3.8) is 0 Å². The van der Waals surface area contributed by atoms with Gasteiger partial charge in [0, 0.05) is 31.6 Å². The monoisotopic (exact) mass is 523 g/mol. The minimum absolute atomic E-state index is 0.102. The Morgan fingerprint density at radius 2 is 1.64 bits per heavy atom. The number of carbonyl (C=O) groups excluding carboxylic acids is 1. The maximum atomic E-state index is 12.6. The predicted octanol–water partition coefficient (Wildman–Crippen LogP) is 6.09. The Balaban J connectivity index is 1.42. The van der Waals surface area contributed by atoms with Gasteiger partial charge in [-0.15, -0.1) is 0 Å². The van der Waals surface area contributed by atoms with E-state index < -0.39 is 12.1 Å². The number of benzene rings is 4. The zero-order valence-corrected chi connectivity index (χ0v) is 22.2. The molecule has 0 aromatic heterocycles. The van der Waals surface area contributed by atoms with Crippen molar-refractivity contribution >= 4 is 28.5 Å². The summed E-state index contributed by atoms with van der Waals surface area (Å²) in [7, 11) is 1.30. The van der Waals surface area contributed by atoms with E-state index in [-0.39, 0.29) is 23.4 Å². The quantitative estimate of drug-likeness (QED) is 0.272. The summed E-state index contributed by atoms with van der Waals surface area (Å²) >= 11 is 0. The number of anilines is 1. The van der Waals surface area contributed by atoms with Crippen LogP contribution in [-0.4, -0.2) is 48.9 Å². The van der Waals surface area contributed by atoms with Crippen molar-refractivity contribution in [3.8, 4) is 0 Å². The summed E-state index contributed by atoms with van der Waals surface area (Å²) in [6.07, 6.45) is -1.14. The van der Waals surface area contributed by atoms with Crippen molar-refractivity contribution in [2.75, 3.05) is 31.8 Å². The molecule has 1 amide bonds. The highest BCUT2D eigenvalue weighted by Gasteiger charge is 2.39. The van der Waals surface area contributed by atoms with E-state index in [1.54, 1.807) is 24.3 Å². The van der Waals surface area contributed by atoms with Gasteiger partial charge in [0.2, 0.25) is 0 Å². The van der Waals surface area contributed by atoms with Crippen molar-refractivity contribution in [3.05, 3.63) is 114 Å². The van der Waals surface area contributed by atoms with Crippen LogP contribution in [0.15, 0.2) is 97.1 Å². The number of nitrogens with one attached hydrogen (secondary N) is 1. The molecule has 1 aliphatic rings. The molecule has 7 nitrogen and oxygen atoms in total. The summed E-state index contributed by atoms with van der Waals surface area (Å²) in [5.41, 5.74) is 2.90. The Hall–Kier alpha value is -4.20. The number of ether oxygens (including phenoxy) is 1. The highest BCUT2D eigenvalue weighted by atomic mass is 16.5. The lowest BCUT2D eigenvalue weighted by Gasteiger charge is -2.30. The van der Waals surface area contributed by atoms with Gasteiger partial charge in [0.1, 0.15) is 0 Å². The van der Waals surface area contributed by atoms with Crippen molar-refractivity contribution < 1.29 is 19.4 Å². The molecule has 1 saturated heterocycles. The Labute approximate surface area is 228 Å². The summed E-state index contributed by atoms with van der Waals surface area (Å²) in [5, 5.41) is 19.5. The van der Waals surface area contributed by atoms with Gasteiger partial charge in [0.15, 0.2) is 0 Å². The number of fused-ring (bicyclic) bond motifs is 1. The number of methoxy groups -OCH3 is 1. The maximum Gasteiger partial charge on any atom is 0.426 e. The molecular weight excluding hydrogens is 490 g/mol. The van der Waals surface area contributed by atoms with Gasteiger partial charge in [-0.2, -0.15) is 0 Å². The maximum absolute atomic E-state index is 12.6. The molecule has 5 rings (SSSR count). The Bertz CT molecular complexity index is 1450. The first-order valence-corrected chi connectivity index (χ1v) is 13.2. The summed E-state index contributed by atoms with van der Waals surface area (Å²) in [6, 6.07) is 31.7. The second-order valence-corrected chi connectivity index (χ2v) is 9.95. The number of carbonyl (C=O) groups is 2. The van der Waals surface area contributed by atoms with E-state index in [0.29, 0.717) is 25.3 Å². The zero-order valence-electron chi connectivity index (χ0n) is 22.2. The van der Waals surface area contributed by atoms with Crippen LogP contribution in [0.1, 0.15) is 40.4 Å². The van der Waals surface area contributed by atoms with Crippen LogP contribution in [0.2, 0.25) is 0 Å². The van der Waals surface area contributed by atoms with Crippen LogP contribution in [0, 0.1) is 5.92 Å². The Morgan fingerprint density at radius 1 is 0.949 bits per heavy atom. The molecular formula is C32H33N3O4. The molecule has 39 heavy (non-hydrogen) atoms. The molecule has 4 aromatic rings. The van der Waals surface area contributed by atoms with E-state index in [1.165, 1.54) is 28.5 Å². The number of hydrazine groups is 1. The van der Waals surface area contributed by atoms with Gasteiger partial charge >= 0.3 is 12.1 Å². The van der Waals surface area contributed by atoms with Crippen LogP contribution in [0.25, 0.3) is 10.8 Å². The van der Waals surface area contributed by atoms with Crippen LogP contribution < -0.4 is 10.3 Å². The van der Waals surface area contributed by atoms with Crippen LogP contribution in [0.4, 0.5) is 10.5 Å². The lowest BCUT2D eigenvalue weighted by molar-refractivity contribution is 0.0601. The third kappa shape index (κ3) is 5.50. The lowest BCUT2D eigenvalue weighted by atomic mass is 9.88. The first-order valence-electron chi connectivity index (χ1n) is 13.2. The minimum Gasteiger partial charge on any atom is -0.465 e. The molecule has 1 aliphatic heterocycles. The summed E-state index contributed by atoms with van der Waals surface area (Å²) in [4.78, 5) is 25.1. The topological polar surface area (TPSA) is 82.1 Å². The largest absolute Gasteiger partial charge is 0.465 e. The van der Waals surface area contributed by atoms with Crippen molar-refractivity contribution in [1.29, 1.82) is 0 Å². The van der Waals surface area contributed by atoms with Crippen LogP contribution in [0.3, 0.4) is 0 Å². The second-order valence-electron chi connectivity index (χ2n) is 9.95. The highest BCUT2D eigenvalue weighted by molar-refractivity contribution is 6.00. The average Bonchev–Trinajstić information content (AvgIpc) is 3.39. The first kappa shape index (κ1) is 26.4. The number of rotatable bonds is 8. The molecule has 7 heteroatoms. The highest BCUT2D eigenvalue weighted by Crippen LogP contribution is 2.36. The van der Waals surface area contributed by atoms with E-state index in [1.807, 2.05) is 29.3 Å². The van der Waals surface area contributed by atoms with E-state index in [9.17, 15) is 14.7 Å². The molecule has 3 atom stereocenters. The van der Waals surface area contributed by atoms with Crippen molar-refractivity contribution in [1.82, 2.24) is 10.3 Å². The third-order valence-electron chi connectivity index (χ3n) is 7.63. The lowest BCUT2D eigenvalue weighted by Crippen LogP contribution is -2.46. The molecule has 0 spiro atoms. The molecule has 4 aromatic carbocycles. The fourth-order valence-corrected chi connectivity index (χ4v) is 5.68. The standard InChI is InChI=1S/C32H33N3O4/c1-22(26-17-10-14-23-13-6-7-15-27(23)26)33-19-25-20-34(21-29(25)24-11-4-3-5-12-24)35(32(37)38)30-18-9-8-16-28(30)31(36)39-2/h3-18,22,25,29,33H,19-21H2,1-2H3,(H,37,38)/t22-,25+,29-/m1/s1. The van der Waals surface area contributed by atoms with Crippen molar-refractivity contribution in [2.45, 2.75) is 18.9 Å². The summed E-state index contributed by atoms with van der Waals surface area (Å²) < 4.78 is 4.93. The fraction of sp³-hybridized carbons (Fsp3) is 0.250.